The van der Waals surface area contributed by atoms with Crippen LogP contribution in [0, 0.1) is 0 Å². The maximum Gasteiger partial charge on any atom is 0.419 e. The summed E-state index contributed by atoms with van der Waals surface area (Å²) in [6.07, 6.45) is 3.87. The zero-order valence-electron chi connectivity index (χ0n) is 28.0. The Morgan fingerprint density at radius 1 is 0.851 bits per heavy atom. The van der Waals surface area contributed by atoms with Crippen molar-refractivity contribution in [2.45, 2.75) is 59.3 Å². The highest BCUT2D eigenvalue weighted by molar-refractivity contribution is 6.12. The Balaban J connectivity index is 1.40. The number of hydrogen-bond acceptors (Lipinski definition) is 10. The van der Waals surface area contributed by atoms with Crippen molar-refractivity contribution >= 4 is 46.3 Å². The molecule has 1 saturated heterocycles. The van der Waals surface area contributed by atoms with Crippen molar-refractivity contribution in [1.29, 1.82) is 0 Å². The fraction of sp³-hybridized carbons (Fsp3) is 0.400. The standard InChI is InChI=1S/C35H41N7O5/c1-34(2,3)46-32(44)41-21-25(30-27(41)9-8-14-36-30)23-11-12-26(29-24(23)20-42(31(29)43)33(45)47-35(4,5)6)38-28-13-10-22(19-37-28)40-17-15-39(7)16-18-40/h8-14,19,21H,15-18,20H2,1-7H3,(H,37,38). The Morgan fingerprint density at radius 3 is 2.21 bits per heavy atom. The van der Waals surface area contributed by atoms with Crippen LogP contribution in [0.3, 0.4) is 0 Å². The highest BCUT2D eigenvalue weighted by Crippen LogP contribution is 2.41. The summed E-state index contributed by atoms with van der Waals surface area (Å²) in [7, 11) is 2.12. The quantitative estimate of drug-likeness (QED) is 0.274. The first-order valence-electron chi connectivity index (χ1n) is 15.8. The molecule has 0 bridgehead atoms. The van der Waals surface area contributed by atoms with E-state index in [1.54, 1.807) is 72.1 Å². The molecule has 0 radical (unpaired) electrons. The van der Waals surface area contributed by atoms with Crippen LogP contribution in [0.25, 0.3) is 22.2 Å². The molecule has 0 atom stereocenters. The summed E-state index contributed by atoms with van der Waals surface area (Å²) < 4.78 is 12.7. The molecule has 1 N–H and O–H groups in total. The van der Waals surface area contributed by atoms with Gasteiger partial charge in [-0.2, -0.15) is 0 Å². The van der Waals surface area contributed by atoms with Gasteiger partial charge in [0, 0.05) is 44.1 Å². The van der Waals surface area contributed by atoms with Gasteiger partial charge in [-0.05, 0) is 90.0 Å². The number of nitrogens with zero attached hydrogens (tertiary/aromatic N) is 6. The third-order valence-corrected chi connectivity index (χ3v) is 8.02. The normalized spacial score (nSPS) is 15.6. The number of carbonyl (C=O) groups is 3. The lowest BCUT2D eigenvalue weighted by atomic mass is 9.96. The van der Waals surface area contributed by atoms with E-state index in [-0.39, 0.29) is 6.54 Å². The van der Waals surface area contributed by atoms with Gasteiger partial charge in [0.05, 0.1) is 40.7 Å². The summed E-state index contributed by atoms with van der Waals surface area (Å²) in [5.41, 5.74) is 3.38. The number of rotatable bonds is 4. The SMILES string of the molecule is CN1CCN(c2ccc(Nc3ccc(-c4cn(C(=O)OC(C)(C)C)c5cccnc45)c4c3C(=O)N(C(=O)OC(C)(C)C)C4)nc2)CC1. The Morgan fingerprint density at radius 2 is 1.55 bits per heavy atom. The number of nitrogens with one attached hydrogen (secondary N) is 1. The maximum atomic E-state index is 14.0. The molecule has 2 aliphatic heterocycles. The average Bonchev–Trinajstić information content (AvgIpc) is 3.56. The van der Waals surface area contributed by atoms with E-state index in [4.69, 9.17) is 9.47 Å². The number of ether oxygens (including phenoxy) is 2. The first-order chi connectivity index (χ1) is 22.2. The van der Waals surface area contributed by atoms with Gasteiger partial charge in [0.1, 0.15) is 17.0 Å². The number of likely N-dealkylation sites (N-methyl/N-ethyl adjacent to an activating group) is 1. The van der Waals surface area contributed by atoms with Crippen LogP contribution in [0.1, 0.15) is 57.5 Å². The van der Waals surface area contributed by atoms with Gasteiger partial charge in [0.25, 0.3) is 5.91 Å². The van der Waals surface area contributed by atoms with Crippen molar-refractivity contribution in [3.63, 3.8) is 0 Å². The molecule has 0 unspecified atom stereocenters. The lowest BCUT2D eigenvalue weighted by molar-refractivity contribution is 0.0247. The molecule has 47 heavy (non-hydrogen) atoms. The molecule has 0 saturated carbocycles. The maximum absolute atomic E-state index is 14.0. The van der Waals surface area contributed by atoms with E-state index in [1.165, 1.54) is 4.57 Å². The van der Waals surface area contributed by atoms with Crippen LogP contribution in [-0.4, -0.2) is 86.9 Å². The second-order valence-electron chi connectivity index (χ2n) is 14.0. The molecule has 1 aromatic carbocycles. The largest absolute Gasteiger partial charge is 0.443 e. The van der Waals surface area contributed by atoms with Crippen molar-refractivity contribution in [3.8, 4) is 11.1 Å². The monoisotopic (exact) mass is 639 g/mol. The van der Waals surface area contributed by atoms with Gasteiger partial charge in [-0.25, -0.2) is 19.5 Å². The molecule has 2 amide bonds. The van der Waals surface area contributed by atoms with Crippen LogP contribution >= 0.6 is 0 Å². The second kappa shape index (κ2) is 12.0. The first kappa shape index (κ1) is 32.0. The van der Waals surface area contributed by atoms with Crippen molar-refractivity contribution in [1.82, 2.24) is 24.3 Å². The molecule has 3 aromatic heterocycles. The van der Waals surface area contributed by atoms with E-state index >= 15 is 0 Å². The lowest BCUT2D eigenvalue weighted by Gasteiger charge is -2.33. The van der Waals surface area contributed by atoms with Crippen LogP contribution in [0.15, 0.2) is 55.0 Å². The molecule has 4 aromatic rings. The van der Waals surface area contributed by atoms with Crippen molar-refractivity contribution < 1.29 is 23.9 Å². The van der Waals surface area contributed by atoms with Gasteiger partial charge in [-0.15, -0.1) is 0 Å². The minimum absolute atomic E-state index is 0.0182. The predicted molar refractivity (Wildman–Crippen MR) is 180 cm³/mol. The molecule has 0 aliphatic carbocycles. The van der Waals surface area contributed by atoms with Gasteiger partial charge in [-0.1, -0.05) is 6.07 Å². The molecule has 246 valence electrons. The predicted octanol–water partition coefficient (Wildman–Crippen LogP) is 6.27. The minimum Gasteiger partial charge on any atom is -0.443 e. The van der Waals surface area contributed by atoms with Gasteiger partial charge >= 0.3 is 12.2 Å². The summed E-state index contributed by atoms with van der Waals surface area (Å²) in [5.74, 6) is 0.0704. The van der Waals surface area contributed by atoms with Crippen LogP contribution in [0.4, 0.5) is 26.8 Å². The number of amides is 2. The van der Waals surface area contributed by atoms with Crippen molar-refractivity contribution in [3.05, 3.63) is 66.1 Å². The Bertz CT molecular complexity index is 1850. The molecule has 12 nitrogen and oxygen atoms in total. The van der Waals surface area contributed by atoms with Crippen LogP contribution in [0.2, 0.25) is 0 Å². The fourth-order valence-corrected chi connectivity index (χ4v) is 5.81. The molecule has 6 rings (SSSR count). The Labute approximate surface area is 274 Å². The minimum atomic E-state index is -0.795. The second-order valence-corrected chi connectivity index (χ2v) is 14.0. The molecule has 12 heteroatoms. The van der Waals surface area contributed by atoms with Crippen LogP contribution in [-0.2, 0) is 16.0 Å². The zero-order valence-corrected chi connectivity index (χ0v) is 28.0. The lowest BCUT2D eigenvalue weighted by Crippen LogP contribution is -2.44. The summed E-state index contributed by atoms with van der Waals surface area (Å²) in [6, 6.07) is 11.1. The van der Waals surface area contributed by atoms with Crippen LogP contribution in [0.5, 0.6) is 0 Å². The number of carbonyl (C=O) groups excluding carboxylic acids is 3. The molecule has 5 heterocycles. The number of benzene rings is 1. The van der Waals surface area contributed by atoms with Gasteiger partial charge < -0.3 is 24.6 Å². The van der Waals surface area contributed by atoms with Gasteiger partial charge in [0.15, 0.2) is 0 Å². The van der Waals surface area contributed by atoms with E-state index in [1.807, 2.05) is 24.4 Å². The molecular formula is C35H41N7O5. The summed E-state index contributed by atoms with van der Waals surface area (Å²) >= 11 is 0. The Kier molecular flexibility index (Phi) is 8.17. The third kappa shape index (κ3) is 6.64. The van der Waals surface area contributed by atoms with Gasteiger partial charge in [-0.3, -0.25) is 14.3 Å². The van der Waals surface area contributed by atoms with E-state index in [0.29, 0.717) is 44.8 Å². The number of fused-ring (bicyclic) bond motifs is 2. The Hall–Kier alpha value is -4.97. The number of pyridine rings is 2. The number of imide groups is 1. The summed E-state index contributed by atoms with van der Waals surface area (Å²) in [4.78, 5) is 55.5. The number of anilines is 3. The van der Waals surface area contributed by atoms with Crippen LogP contribution < -0.4 is 10.2 Å². The highest BCUT2D eigenvalue weighted by Gasteiger charge is 2.39. The number of piperazine rings is 1. The van der Waals surface area contributed by atoms with Gasteiger partial charge in [0.2, 0.25) is 0 Å². The molecule has 0 spiro atoms. The van der Waals surface area contributed by atoms with E-state index in [2.05, 4.69) is 32.1 Å². The third-order valence-electron chi connectivity index (χ3n) is 8.02. The summed E-state index contributed by atoms with van der Waals surface area (Å²) in [6.45, 7) is 14.5. The highest BCUT2D eigenvalue weighted by atomic mass is 16.6. The molecular weight excluding hydrogens is 598 g/mol. The van der Waals surface area contributed by atoms with E-state index in [9.17, 15) is 14.4 Å². The van der Waals surface area contributed by atoms with E-state index < -0.39 is 29.3 Å². The number of aromatic nitrogens is 3. The summed E-state index contributed by atoms with van der Waals surface area (Å²) in [5, 5.41) is 3.31. The number of hydrogen-bond donors (Lipinski definition) is 1. The van der Waals surface area contributed by atoms with Crippen molar-refractivity contribution in [2.24, 2.45) is 0 Å². The fourth-order valence-electron chi connectivity index (χ4n) is 5.81. The first-order valence-corrected chi connectivity index (χ1v) is 15.8. The average molecular weight is 640 g/mol. The topological polar surface area (TPSA) is 122 Å². The van der Waals surface area contributed by atoms with Crippen molar-refractivity contribution in [2.75, 3.05) is 43.4 Å². The van der Waals surface area contributed by atoms with E-state index in [0.717, 1.165) is 36.8 Å². The smallest absolute Gasteiger partial charge is 0.419 e. The molecule has 1 fully saturated rings. The molecule has 2 aliphatic rings. The zero-order chi connectivity index (χ0) is 33.7.